The maximum absolute atomic E-state index is 11.5. The van der Waals surface area contributed by atoms with E-state index < -0.39 is 9.84 Å². The summed E-state index contributed by atoms with van der Waals surface area (Å²) in [6.45, 7) is 3.29. The van der Waals surface area contributed by atoms with Crippen molar-refractivity contribution in [3.05, 3.63) is 22.3 Å². The molecule has 0 atom stereocenters. The van der Waals surface area contributed by atoms with E-state index in [4.69, 9.17) is 0 Å². The van der Waals surface area contributed by atoms with Gasteiger partial charge in [0.1, 0.15) is 5.82 Å². The van der Waals surface area contributed by atoms with Crippen molar-refractivity contribution in [1.82, 2.24) is 4.98 Å². The van der Waals surface area contributed by atoms with E-state index in [1.54, 1.807) is 6.20 Å². The highest BCUT2D eigenvalue weighted by molar-refractivity contribution is 9.10. The quantitative estimate of drug-likeness (QED) is 0.792. The minimum Gasteiger partial charge on any atom is -0.355 e. The summed E-state index contributed by atoms with van der Waals surface area (Å²) in [6.07, 6.45) is 2.43. The number of sulfone groups is 1. The van der Waals surface area contributed by atoms with Crippen molar-refractivity contribution in [1.29, 1.82) is 0 Å². The predicted molar refractivity (Wildman–Crippen MR) is 72.2 cm³/mol. The van der Waals surface area contributed by atoms with Gasteiger partial charge >= 0.3 is 0 Å². The van der Waals surface area contributed by atoms with Crippen molar-refractivity contribution in [3.8, 4) is 0 Å². The van der Waals surface area contributed by atoms with Gasteiger partial charge in [0.25, 0.3) is 0 Å². The van der Waals surface area contributed by atoms with Gasteiger partial charge < -0.3 is 4.90 Å². The van der Waals surface area contributed by atoms with Crippen molar-refractivity contribution in [2.45, 2.75) is 13.3 Å². The van der Waals surface area contributed by atoms with Gasteiger partial charge in [0, 0.05) is 23.8 Å². The maximum Gasteiger partial charge on any atom is 0.152 e. The Morgan fingerprint density at radius 2 is 2.12 bits per heavy atom. The molecule has 17 heavy (non-hydrogen) atoms. The van der Waals surface area contributed by atoms with Crippen molar-refractivity contribution < 1.29 is 8.42 Å². The maximum atomic E-state index is 11.5. The van der Waals surface area contributed by atoms with E-state index in [-0.39, 0.29) is 5.75 Å². The molecule has 0 bridgehead atoms. The number of anilines is 1. The molecule has 1 aromatic rings. The molecule has 0 radical (unpaired) electrons. The number of hydrogen-bond donors (Lipinski definition) is 0. The Labute approximate surface area is 110 Å². The zero-order valence-corrected chi connectivity index (χ0v) is 12.1. The molecule has 6 heteroatoms. The fraction of sp³-hybridized carbons (Fsp3) is 0.545. The van der Waals surface area contributed by atoms with Gasteiger partial charge in [-0.1, -0.05) is 0 Å². The topological polar surface area (TPSA) is 50.3 Å². The Hall–Kier alpha value is -0.620. The molecule has 0 N–H and O–H groups in total. The minimum atomic E-state index is -2.86. The van der Waals surface area contributed by atoms with Gasteiger partial charge in [0.15, 0.2) is 9.84 Å². The summed E-state index contributed by atoms with van der Waals surface area (Å²) in [5, 5.41) is 0. The number of rotatable bonds is 1. The monoisotopic (exact) mass is 318 g/mol. The molecule has 2 rings (SSSR count). The van der Waals surface area contributed by atoms with Crippen LogP contribution in [0.2, 0.25) is 0 Å². The standard InChI is InChI=1S/C11H15BrN2O2S/c1-9-7-10(12)8-13-11(9)14-3-2-5-17(15,16)6-4-14/h7-8H,2-6H2,1H3. The van der Waals surface area contributed by atoms with Gasteiger partial charge in [0.2, 0.25) is 0 Å². The van der Waals surface area contributed by atoms with Crippen LogP contribution in [0.3, 0.4) is 0 Å². The molecule has 0 aromatic carbocycles. The lowest BCUT2D eigenvalue weighted by molar-refractivity contribution is 0.597. The average Bonchev–Trinajstić information content (AvgIpc) is 2.40. The van der Waals surface area contributed by atoms with Gasteiger partial charge in [-0.05, 0) is 40.9 Å². The molecule has 1 saturated heterocycles. The van der Waals surface area contributed by atoms with Crippen LogP contribution in [0, 0.1) is 6.92 Å². The second-order valence-electron chi connectivity index (χ2n) is 4.29. The zero-order valence-electron chi connectivity index (χ0n) is 9.69. The first-order chi connectivity index (χ1) is 7.98. The van der Waals surface area contributed by atoms with E-state index in [1.807, 2.05) is 13.0 Å². The molecule has 2 heterocycles. The van der Waals surface area contributed by atoms with E-state index in [0.717, 1.165) is 22.4 Å². The Bertz CT molecular complexity index is 516. The largest absolute Gasteiger partial charge is 0.355 e. The Morgan fingerprint density at radius 3 is 2.82 bits per heavy atom. The molecule has 0 aliphatic carbocycles. The Balaban J connectivity index is 2.23. The fourth-order valence-electron chi connectivity index (χ4n) is 2.01. The van der Waals surface area contributed by atoms with Crippen LogP contribution in [0.1, 0.15) is 12.0 Å². The minimum absolute atomic E-state index is 0.226. The van der Waals surface area contributed by atoms with Crippen molar-refractivity contribution in [2.24, 2.45) is 0 Å². The highest BCUT2D eigenvalue weighted by atomic mass is 79.9. The molecule has 1 aliphatic heterocycles. The first kappa shape index (κ1) is 12.8. The summed E-state index contributed by atoms with van der Waals surface area (Å²) in [5.41, 5.74) is 1.07. The second kappa shape index (κ2) is 4.94. The molecule has 0 saturated carbocycles. The average molecular weight is 319 g/mol. The van der Waals surface area contributed by atoms with E-state index in [1.165, 1.54) is 0 Å². The highest BCUT2D eigenvalue weighted by Crippen LogP contribution is 2.22. The molecular formula is C11H15BrN2O2S. The molecule has 0 unspecified atom stereocenters. The molecule has 94 valence electrons. The van der Waals surface area contributed by atoms with Crippen LogP contribution < -0.4 is 4.90 Å². The molecule has 0 spiro atoms. The Morgan fingerprint density at radius 1 is 1.35 bits per heavy atom. The first-order valence-electron chi connectivity index (χ1n) is 5.55. The summed E-state index contributed by atoms with van der Waals surface area (Å²) in [5.74, 6) is 1.41. The number of halogens is 1. The van der Waals surface area contributed by atoms with Gasteiger partial charge in [-0.3, -0.25) is 0 Å². The van der Waals surface area contributed by atoms with Gasteiger partial charge in [0.05, 0.1) is 11.5 Å². The van der Waals surface area contributed by atoms with Gasteiger partial charge in [-0.25, -0.2) is 13.4 Å². The highest BCUT2D eigenvalue weighted by Gasteiger charge is 2.20. The third-order valence-corrected chi connectivity index (χ3v) is 5.02. The number of pyridine rings is 1. The summed E-state index contributed by atoms with van der Waals surface area (Å²) < 4.78 is 24.0. The zero-order chi connectivity index (χ0) is 12.5. The lowest BCUT2D eigenvalue weighted by atomic mass is 10.2. The normalized spacial score (nSPS) is 20.0. The molecule has 1 aromatic heterocycles. The van der Waals surface area contributed by atoms with E-state index >= 15 is 0 Å². The number of nitrogens with zero attached hydrogens (tertiary/aromatic N) is 2. The van der Waals surface area contributed by atoms with Crippen LogP contribution in [-0.4, -0.2) is 38.0 Å². The second-order valence-corrected chi connectivity index (χ2v) is 7.51. The van der Waals surface area contributed by atoms with Gasteiger partial charge in [-0.2, -0.15) is 0 Å². The van der Waals surface area contributed by atoms with Crippen LogP contribution in [-0.2, 0) is 9.84 Å². The van der Waals surface area contributed by atoms with Crippen LogP contribution in [0.4, 0.5) is 5.82 Å². The van der Waals surface area contributed by atoms with Crippen molar-refractivity contribution in [2.75, 3.05) is 29.5 Å². The van der Waals surface area contributed by atoms with Crippen molar-refractivity contribution >= 4 is 31.6 Å². The number of aromatic nitrogens is 1. The van der Waals surface area contributed by atoms with Gasteiger partial charge in [-0.15, -0.1) is 0 Å². The predicted octanol–water partition coefficient (Wildman–Crippen LogP) is 1.78. The Kier molecular flexibility index (Phi) is 3.73. The van der Waals surface area contributed by atoms with Crippen LogP contribution in [0.25, 0.3) is 0 Å². The molecular weight excluding hydrogens is 304 g/mol. The first-order valence-corrected chi connectivity index (χ1v) is 8.17. The van der Waals surface area contributed by atoms with E-state index in [9.17, 15) is 8.42 Å². The molecule has 0 amide bonds. The van der Waals surface area contributed by atoms with Crippen LogP contribution in [0.5, 0.6) is 0 Å². The van der Waals surface area contributed by atoms with Crippen LogP contribution in [0.15, 0.2) is 16.7 Å². The van der Waals surface area contributed by atoms with E-state index in [2.05, 4.69) is 25.8 Å². The smallest absolute Gasteiger partial charge is 0.152 e. The summed E-state index contributed by atoms with van der Waals surface area (Å²) in [7, 11) is -2.86. The third-order valence-electron chi connectivity index (χ3n) is 2.87. The summed E-state index contributed by atoms with van der Waals surface area (Å²) in [6, 6.07) is 2.00. The molecule has 4 nitrogen and oxygen atoms in total. The lowest BCUT2D eigenvalue weighted by Crippen LogP contribution is -2.28. The summed E-state index contributed by atoms with van der Waals surface area (Å²) in [4.78, 5) is 6.44. The van der Waals surface area contributed by atoms with Crippen LogP contribution >= 0.6 is 15.9 Å². The SMILES string of the molecule is Cc1cc(Br)cnc1N1CCCS(=O)(=O)CC1. The van der Waals surface area contributed by atoms with E-state index in [0.29, 0.717) is 18.7 Å². The number of aryl methyl sites for hydroxylation is 1. The summed E-state index contributed by atoms with van der Waals surface area (Å²) >= 11 is 3.38. The van der Waals surface area contributed by atoms with Crippen molar-refractivity contribution in [3.63, 3.8) is 0 Å². The lowest BCUT2D eigenvalue weighted by Gasteiger charge is -2.22. The molecule has 1 fully saturated rings. The fourth-order valence-corrected chi connectivity index (χ4v) is 3.73. The molecule has 1 aliphatic rings. The number of hydrogen-bond acceptors (Lipinski definition) is 4. The third kappa shape index (κ3) is 3.19.